The van der Waals surface area contributed by atoms with E-state index in [4.69, 9.17) is 15.0 Å². The molecule has 2 atom stereocenters. The maximum Gasteiger partial charge on any atom is 0.232 e. The summed E-state index contributed by atoms with van der Waals surface area (Å²) in [4.78, 5) is 4.37. The SMILES string of the molecule is NC(c1noc(C2CCOC2)n1)C1CC1. The first-order valence-corrected chi connectivity index (χ1v) is 5.51. The highest BCUT2D eigenvalue weighted by molar-refractivity contribution is 5.02. The van der Waals surface area contributed by atoms with Gasteiger partial charge in [0.1, 0.15) is 0 Å². The summed E-state index contributed by atoms with van der Waals surface area (Å²) in [5.41, 5.74) is 6.00. The van der Waals surface area contributed by atoms with E-state index in [0.29, 0.717) is 24.2 Å². The van der Waals surface area contributed by atoms with Gasteiger partial charge < -0.3 is 15.0 Å². The van der Waals surface area contributed by atoms with Crippen molar-refractivity contribution in [3.63, 3.8) is 0 Å². The van der Waals surface area contributed by atoms with E-state index in [9.17, 15) is 0 Å². The Hall–Kier alpha value is -0.940. The summed E-state index contributed by atoms with van der Waals surface area (Å²) in [6.07, 6.45) is 3.36. The molecule has 5 nitrogen and oxygen atoms in total. The lowest BCUT2D eigenvalue weighted by molar-refractivity contribution is 0.189. The van der Waals surface area contributed by atoms with Crippen LogP contribution in [0.5, 0.6) is 0 Å². The fourth-order valence-corrected chi connectivity index (χ4v) is 1.94. The minimum absolute atomic E-state index is 0.0372. The number of ether oxygens (including phenoxy) is 1. The molecular formula is C10H15N3O2. The molecular weight excluding hydrogens is 194 g/mol. The Labute approximate surface area is 88.0 Å². The number of aromatic nitrogens is 2. The first kappa shape index (κ1) is 9.30. The van der Waals surface area contributed by atoms with Crippen LogP contribution in [0.3, 0.4) is 0 Å². The van der Waals surface area contributed by atoms with Crippen LogP contribution < -0.4 is 5.73 Å². The minimum atomic E-state index is -0.0372. The molecule has 0 radical (unpaired) electrons. The third kappa shape index (κ3) is 1.77. The molecule has 3 rings (SSSR count). The van der Waals surface area contributed by atoms with E-state index in [1.54, 1.807) is 0 Å². The molecule has 1 aromatic rings. The monoisotopic (exact) mass is 209 g/mol. The van der Waals surface area contributed by atoms with Gasteiger partial charge in [0.25, 0.3) is 0 Å². The van der Waals surface area contributed by atoms with Gasteiger partial charge in [-0.3, -0.25) is 0 Å². The Morgan fingerprint density at radius 1 is 1.33 bits per heavy atom. The summed E-state index contributed by atoms with van der Waals surface area (Å²) in [6, 6.07) is -0.0372. The summed E-state index contributed by atoms with van der Waals surface area (Å²) < 4.78 is 10.5. The van der Waals surface area contributed by atoms with Crippen LogP contribution in [-0.2, 0) is 4.74 Å². The standard InChI is InChI=1S/C10H15N3O2/c11-8(6-1-2-6)9-12-10(15-13-9)7-3-4-14-5-7/h6-8H,1-5,11H2. The minimum Gasteiger partial charge on any atom is -0.381 e. The Balaban J connectivity index is 1.74. The van der Waals surface area contributed by atoms with Crippen LogP contribution >= 0.6 is 0 Å². The van der Waals surface area contributed by atoms with E-state index >= 15 is 0 Å². The average molecular weight is 209 g/mol. The Morgan fingerprint density at radius 2 is 2.20 bits per heavy atom. The summed E-state index contributed by atoms with van der Waals surface area (Å²) >= 11 is 0. The van der Waals surface area contributed by atoms with Crippen molar-refractivity contribution >= 4 is 0 Å². The lowest BCUT2D eigenvalue weighted by Gasteiger charge is -2.02. The number of hydrogen-bond acceptors (Lipinski definition) is 5. The zero-order chi connectivity index (χ0) is 10.3. The molecule has 2 N–H and O–H groups in total. The van der Waals surface area contributed by atoms with Gasteiger partial charge in [0.15, 0.2) is 5.82 Å². The smallest absolute Gasteiger partial charge is 0.232 e. The van der Waals surface area contributed by atoms with Crippen LogP contribution in [0.25, 0.3) is 0 Å². The number of rotatable bonds is 3. The summed E-state index contributed by atoms with van der Waals surface area (Å²) in [5, 5.41) is 3.96. The first-order chi connectivity index (χ1) is 7.34. The number of hydrogen-bond donors (Lipinski definition) is 1. The summed E-state index contributed by atoms with van der Waals surface area (Å²) in [5.74, 6) is 2.20. The number of nitrogens with two attached hydrogens (primary N) is 1. The topological polar surface area (TPSA) is 74.2 Å². The molecule has 1 aliphatic heterocycles. The predicted octanol–water partition coefficient (Wildman–Crippen LogP) is 0.983. The molecule has 2 heterocycles. The molecule has 0 spiro atoms. The zero-order valence-corrected chi connectivity index (χ0v) is 8.56. The van der Waals surface area contributed by atoms with Gasteiger partial charge in [0, 0.05) is 6.61 Å². The maximum atomic E-state index is 6.00. The molecule has 2 unspecified atom stereocenters. The Kier molecular flexibility index (Phi) is 2.21. The van der Waals surface area contributed by atoms with Gasteiger partial charge in [0.05, 0.1) is 18.6 Å². The van der Waals surface area contributed by atoms with Crippen LogP contribution in [0.4, 0.5) is 0 Å². The van der Waals surface area contributed by atoms with Gasteiger partial charge in [-0.2, -0.15) is 4.98 Å². The highest BCUT2D eigenvalue weighted by Gasteiger charge is 2.33. The molecule has 2 fully saturated rings. The summed E-state index contributed by atoms with van der Waals surface area (Å²) in [6.45, 7) is 1.48. The van der Waals surface area contributed by atoms with Gasteiger partial charge in [0.2, 0.25) is 5.89 Å². The third-order valence-corrected chi connectivity index (χ3v) is 3.16. The van der Waals surface area contributed by atoms with E-state index in [2.05, 4.69) is 10.1 Å². The average Bonchev–Trinajstić information content (AvgIpc) is 2.80. The highest BCUT2D eigenvalue weighted by atomic mass is 16.5. The van der Waals surface area contributed by atoms with Gasteiger partial charge in [-0.15, -0.1) is 0 Å². The molecule has 2 aliphatic rings. The second kappa shape index (κ2) is 3.57. The molecule has 0 amide bonds. The van der Waals surface area contributed by atoms with Crippen molar-refractivity contribution in [1.29, 1.82) is 0 Å². The predicted molar refractivity (Wildman–Crippen MR) is 52.1 cm³/mol. The fourth-order valence-electron chi connectivity index (χ4n) is 1.94. The zero-order valence-electron chi connectivity index (χ0n) is 8.56. The molecule has 1 aromatic heterocycles. The molecule has 82 valence electrons. The van der Waals surface area contributed by atoms with Gasteiger partial charge in [-0.1, -0.05) is 5.16 Å². The normalized spacial score (nSPS) is 28.2. The maximum absolute atomic E-state index is 6.00. The van der Waals surface area contributed by atoms with E-state index in [1.165, 1.54) is 12.8 Å². The van der Waals surface area contributed by atoms with Crippen LogP contribution in [0.1, 0.15) is 42.9 Å². The number of nitrogens with zero attached hydrogens (tertiary/aromatic N) is 2. The lowest BCUT2D eigenvalue weighted by Crippen LogP contribution is -2.14. The first-order valence-electron chi connectivity index (χ1n) is 5.51. The largest absolute Gasteiger partial charge is 0.381 e. The Bertz CT molecular complexity index is 326. The van der Waals surface area contributed by atoms with E-state index < -0.39 is 0 Å². The molecule has 15 heavy (non-hydrogen) atoms. The van der Waals surface area contributed by atoms with Crippen LogP contribution in [0, 0.1) is 5.92 Å². The fraction of sp³-hybridized carbons (Fsp3) is 0.800. The Morgan fingerprint density at radius 3 is 2.87 bits per heavy atom. The summed E-state index contributed by atoms with van der Waals surface area (Å²) in [7, 11) is 0. The second-order valence-corrected chi connectivity index (χ2v) is 4.41. The van der Waals surface area contributed by atoms with Crippen molar-refractivity contribution in [1.82, 2.24) is 10.1 Å². The molecule has 0 bridgehead atoms. The van der Waals surface area contributed by atoms with Crippen molar-refractivity contribution in [3.8, 4) is 0 Å². The van der Waals surface area contributed by atoms with Crippen LogP contribution in [0.2, 0.25) is 0 Å². The van der Waals surface area contributed by atoms with Crippen molar-refractivity contribution < 1.29 is 9.26 Å². The van der Waals surface area contributed by atoms with Gasteiger partial charge >= 0.3 is 0 Å². The van der Waals surface area contributed by atoms with Gasteiger partial charge in [-0.05, 0) is 25.2 Å². The second-order valence-electron chi connectivity index (χ2n) is 4.41. The molecule has 1 aliphatic carbocycles. The third-order valence-electron chi connectivity index (χ3n) is 3.16. The van der Waals surface area contributed by atoms with Gasteiger partial charge in [-0.25, -0.2) is 0 Å². The van der Waals surface area contributed by atoms with Crippen LogP contribution in [-0.4, -0.2) is 23.4 Å². The molecule has 0 aromatic carbocycles. The lowest BCUT2D eigenvalue weighted by atomic mass is 10.1. The van der Waals surface area contributed by atoms with Crippen molar-refractivity contribution in [2.24, 2.45) is 11.7 Å². The van der Waals surface area contributed by atoms with E-state index in [1.807, 2.05) is 0 Å². The van der Waals surface area contributed by atoms with Crippen molar-refractivity contribution in [2.75, 3.05) is 13.2 Å². The van der Waals surface area contributed by atoms with E-state index in [-0.39, 0.29) is 12.0 Å². The van der Waals surface area contributed by atoms with Crippen molar-refractivity contribution in [2.45, 2.75) is 31.2 Å². The molecule has 5 heteroatoms. The quantitative estimate of drug-likeness (QED) is 0.803. The van der Waals surface area contributed by atoms with Crippen LogP contribution in [0.15, 0.2) is 4.52 Å². The molecule has 1 saturated carbocycles. The molecule has 1 saturated heterocycles. The van der Waals surface area contributed by atoms with Crippen molar-refractivity contribution in [3.05, 3.63) is 11.7 Å². The van der Waals surface area contributed by atoms with E-state index in [0.717, 1.165) is 13.0 Å². The highest BCUT2D eigenvalue weighted by Crippen LogP contribution is 2.38.